The largest absolute Gasteiger partial charge is 0.493 e. The Morgan fingerprint density at radius 3 is 2.36 bits per heavy atom. The maximum atomic E-state index is 13.6. The molecule has 0 aliphatic carbocycles. The molecular weight excluding hydrogens is 538 g/mol. The van der Waals surface area contributed by atoms with Crippen LogP contribution in [0.3, 0.4) is 0 Å². The number of methoxy groups -OCH3 is 2. The third-order valence-electron chi connectivity index (χ3n) is 6.01. The van der Waals surface area contributed by atoms with Gasteiger partial charge in [-0.25, -0.2) is 13.4 Å². The van der Waals surface area contributed by atoms with E-state index in [1.165, 1.54) is 23.5 Å². The molecular formula is C28H29N3O6S2. The number of aromatic nitrogens is 1. The van der Waals surface area contributed by atoms with Crippen molar-refractivity contribution in [3.8, 4) is 17.2 Å². The van der Waals surface area contributed by atoms with Gasteiger partial charge >= 0.3 is 0 Å². The van der Waals surface area contributed by atoms with Crippen LogP contribution >= 0.6 is 11.3 Å². The zero-order valence-corrected chi connectivity index (χ0v) is 23.9. The average Bonchev–Trinajstić information content (AvgIpc) is 3.32. The summed E-state index contributed by atoms with van der Waals surface area (Å²) >= 11 is 1.28. The number of rotatable bonds is 10. The zero-order valence-electron chi connectivity index (χ0n) is 22.2. The van der Waals surface area contributed by atoms with Gasteiger partial charge in [0, 0.05) is 31.0 Å². The quantitative estimate of drug-likeness (QED) is 0.261. The summed E-state index contributed by atoms with van der Waals surface area (Å²) < 4.78 is 42.4. The van der Waals surface area contributed by atoms with Crippen molar-refractivity contribution in [2.45, 2.75) is 24.8 Å². The molecule has 0 fully saturated rings. The standard InChI is InChI=1S/C28H29N3O6S2/c1-6-39(33,34)20-10-8-19(9-11-20)26(37-22-12-7-18(16-29-3)13-17(22)2)27(32)31-28-30-21-14-23(35-4)24(36-5)15-25(21)38-28/h7-16,26H,6H2,1-5H3,(H,30,31,32). The number of hydrogen-bond donors (Lipinski definition) is 1. The molecule has 1 N–H and O–H groups in total. The van der Waals surface area contributed by atoms with Crippen molar-refractivity contribution < 1.29 is 27.4 Å². The van der Waals surface area contributed by atoms with Gasteiger partial charge < -0.3 is 14.2 Å². The van der Waals surface area contributed by atoms with Crippen LogP contribution in [0.5, 0.6) is 17.2 Å². The highest BCUT2D eigenvalue weighted by Gasteiger charge is 2.26. The monoisotopic (exact) mass is 567 g/mol. The van der Waals surface area contributed by atoms with E-state index in [4.69, 9.17) is 14.2 Å². The van der Waals surface area contributed by atoms with Gasteiger partial charge in [-0.3, -0.25) is 15.1 Å². The predicted molar refractivity (Wildman–Crippen MR) is 154 cm³/mol. The number of thiazole rings is 1. The second-order valence-electron chi connectivity index (χ2n) is 8.57. The van der Waals surface area contributed by atoms with E-state index in [2.05, 4.69) is 15.3 Å². The molecule has 0 aliphatic heterocycles. The predicted octanol–water partition coefficient (Wildman–Crippen LogP) is 5.22. The van der Waals surface area contributed by atoms with Crippen LogP contribution in [0.4, 0.5) is 5.13 Å². The second-order valence-corrected chi connectivity index (χ2v) is 11.9. The van der Waals surface area contributed by atoms with Crippen LogP contribution in [0.2, 0.25) is 0 Å². The molecule has 0 spiro atoms. The fourth-order valence-corrected chi connectivity index (χ4v) is 5.69. The number of amides is 1. The number of sulfone groups is 1. The Labute approximate surface area is 231 Å². The van der Waals surface area contributed by atoms with Crippen LogP contribution < -0.4 is 19.5 Å². The van der Waals surface area contributed by atoms with Crippen LogP contribution in [-0.2, 0) is 14.6 Å². The van der Waals surface area contributed by atoms with E-state index in [0.29, 0.717) is 33.5 Å². The van der Waals surface area contributed by atoms with E-state index >= 15 is 0 Å². The first-order valence-corrected chi connectivity index (χ1v) is 14.5. The molecule has 11 heteroatoms. The zero-order chi connectivity index (χ0) is 28.2. The van der Waals surface area contributed by atoms with Gasteiger partial charge in [0.1, 0.15) is 5.75 Å². The Kier molecular flexibility index (Phi) is 8.51. The first-order chi connectivity index (χ1) is 18.7. The Bertz CT molecular complexity index is 1590. The van der Waals surface area contributed by atoms with Gasteiger partial charge in [-0.05, 0) is 48.4 Å². The van der Waals surface area contributed by atoms with Crippen LogP contribution in [0.25, 0.3) is 10.2 Å². The molecule has 1 aromatic heterocycles. The summed E-state index contributed by atoms with van der Waals surface area (Å²) in [6.45, 7) is 3.46. The van der Waals surface area contributed by atoms with Gasteiger partial charge in [0.25, 0.3) is 5.91 Å². The molecule has 1 atom stereocenters. The summed E-state index contributed by atoms with van der Waals surface area (Å²) in [5, 5.41) is 3.23. The smallest absolute Gasteiger partial charge is 0.271 e. The number of carbonyl (C=O) groups excluding carboxylic acids is 1. The fraction of sp³-hybridized carbons (Fsp3) is 0.250. The number of nitrogens with zero attached hydrogens (tertiary/aromatic N) is 2. The topological polar surface area (TPSA) is 116 Å². The lowest BCUT2D eigenvalue weighted by molar-refractivity contribution is -0.123. The van der Waals surface area contributed by atoms with Crippen molar-refractivity contribution in [1.29, 1.82) is 0 Å². The minimum atomic E-state index is -3.39. The Morgan fingerprint density at radius 2 is 1.74 bits per heavy atom. The molecule has 4 aromatic rings. The molecule has 1 amide bonds. The molecule has 0 saturated carbocycles. The van der Waals surface area contributed by atoms with Crippen molar-refractivity contribution in [3.05, 3.63) is 71.3 Å². The van der Waals surface area contributed by atoms with Crippen molar-refractivity contribution in [3.63, 3.8) is 0 Å². The van der Waals surface area contributed by atoms with E-state index in [9.17, 15) is 13.2 Å². The van der Waals surface area contributed by atoms with Crippen molar-refractivity contribution >= 4 is 48.6 Å². The number of benzene rings is 3. The summed E-state index contributed by atoms with van der Waals surface area (Å²) in [4.78, 5) is 22.3. The van der Waals surface area contributed by atoms with Gasteiger partial charge in [-0.1, -0.05) is 30.4 Å². The lowest BCUT2D eigenvalue weighted by atomic mass is 10.1. The minimum Gasteiger partial charge on any atom is -0.493 e. The van der Waals surface area contributed by atoms with Crippen molar-refractivity contribution in [1.82, 2.24) is 4.98 Å². The number of ether oxygens (including phenoxy) is 3. The highest BCUT2D eigenvalue weighted by Crippen LogP contribution is 2.37. The maximum Gasteiger partial charge on any atom is 0.271 e. The third kappa shape index (κ3) is 6.21. The molecule has 0 bridgehead atoms. The van der Waals surface area contributed by atoms with E-state index in [0.717, 1.165) is 15.8 Å². The Balaban J connectivity index is 1.68. The number of anilines is 1. The first kappa shape index (κ1) is 28.1. The van der Waals surface area contributed by atoms with Crippen molar-refractivity contribution in [2.24, 2.45) is 4.99 Å². The summed E-state index contributed by atoms with van der Waals surface area (Å²) in [5.74, 6) is 1.11. The molecule has 39 heavy (non-hydrogen) atoms. The van der Waals surface area contributed by atoms with Crippen LogP contribution in [-0.4, -0.2) is 52.5 Å². The van der Waals surface area contributed by atoms with Gasteiger partial charge in [0.05, 0.1) is 35.1 Å². The number of nitrogens with one attached hydrogen (secondary N) is 1. The van der Waals surface area contributed by atoms with Crippen LogP contribution in [0.1, 0.15) is 29.7 Å². The molecule has 1 heterocycles. The van der Waals surface area contributed by atoms with Gasteiger partial charge in [0.2, 0.25) is 6.10 Å². The van der Waals surface area contributed by atoms with Gasteiger partial charge in [-0.15, -0.1) is 0 Å². The first-order valence-electron chi connectivity index (χ1n) is 12.0. The second kappa shape index (κ2) is 11.8. The molecule has 0 aliphatic rings. The summed E-state index contributed by atoms with van der Waals surface area (Å²) in [5.41, 5.74) is 2.85. The minimum absolute atomic E-state index is 0.0213. The normalized spacial score (nSPS) is 12.4. The Hall–Kier alpha value is -3.96. The van der Waals surface area contributed by atoms with E-state index in [-0.39, 0.29) is 10.6 Å². The van der Waals surface area contributed by atoms with Crippen LogP contribution in [0.15, 0.2) is 64.5 Å². The summed E-state index contributed by atoms with van der Waals surface area (Å²) in [6, 6.07) is 15.2. The summed E-state index contributed by atoms with van der Waals surface area (Å²) in [6.07, 6.45) is 0.647. The number of aliphatic imine (C=N–C) groups is 1. The highest BCUT2D eigenvalue weighted by molar-refractivity contribution is 7.91. The van der Waals surface area contributed by atoms with Crippen molar-refractivity contribution in [2.75, 3.05) is 32.3 Å². The number of hydrogen-bond acceptors (Lipinski definition) is 9. The third-order valence-corrected chi connectivity index (χ3v) is 8.69. The van der Waals surface area contributed by atoms with Crippen LogP contribution in [0, 0.1) is 6.92 Å². The molecule has 4 rings (SSSR count). The highest BCUT2D eigenvalue weighted by atomic mass is 32.2. The Morgan fingerprint density at radius 1 is 1.05 bits per heavy atom. The van der Waals surface area contributed by atoms with Gasteiger partial charge in [-0.2, -0.15) is 0 Å². The number of fused-ring (bicyclic) bond motifs is 1. The molecule has 0 saturated heterocycles. The average molecular weight is 568 g/mol. The molecule has 204 valence electrons. The number of carbonyl (C=O) groups is 1. The van der Waals surface area contributed by atoms with E-state index in [1.54, 1.807) is 64.7 Å². The SMILES string of the molecule is CCS(=O)(=O)c1ccc(C(Oc2ccc(C=NC)cc2C)C(=O)Nc2nc3cc(OC)c(OC)cc3s2)cc1. The fourth-order valence-electron chi connectivity index (χ4n) is 3.93. The van der Waals surface area contributed by atoms with Gasteiger partial charge in [0.15, 0.2) is 26.5 Å². The molecule has 3 aromatic carbocycles. The lowest BCUT2D eigenvalue weighted by Crippen LogP contribution is -2.26. The lowest BCUT2D eigenvalue weighted by Gasteiger charge is -2.20. The van der Waals surface area contributed by atoms with E-state index < -0.39 is 21.8 Å². The molecule has 1 unspecified atom stereocenters. The maximum absolute atomic E-state index is 13.6. The molecule has 0 radical (unpaired) electrons. The van der Waals surface area contributed by atoms with E-state index in [1.807, 2.05) is 19.1 Å². The number of aryl methyl sites for hydroxylation is 1. The summed E-state index contributed by atoms with van der Waals surface area (Å²) in [7, 11) is 1.39. The molecule has 9 nitrogen and oxygen atoms in total.